The highest BCUT2D eigenvalue weighted by molar-refractivity contribution is 9.10. The van der Waals surface area contributed by atoms with E-state index in [0.29, 0.717) is 0 Å². The molecule has 2 rings (SSSR count). The van der Waals surface area contributed by atoms with Crippen LogP contribution in [0.3, 0.4) is 0 Å². The minimum Gasteiger partial charge on any atom is -0.354 e. The third-order valence-electron chi connectivity index (χ3n) is 3.20. The predicted octanol–water partition coefficient (Wildman–Crippen LogP) is 3.57. The molecule has 17 heavy (non-hydrogen) atoms. The van der Waals surface area contributed by atoms with Gasteiger partial charge in [-0.15, -0.1) is 0 Å². The number of hydrogen-bond acceptors (Lipinski definition) is 3. The summed E-state index contributed by atoms with van der Waals surface area (Å²) in [5, 5.41) is 0. The largest absolute Gasteiger partial charge is 0.354 e. The third kappa shape index (κ3) is 3.41. The van der Waals surface area contributed by atoms with E-state index in [1.807, 2.05) is 6.20 Å². The van der Waals surface area contributed by atoms with Gasteiger partial charge < -0.3 is 4.90 Å². The number of halogens is 1. The Balaban J connectivity index is 2.13. The molecule has 0 spiro atoms. The van der Waals surface area contributed by atoms with Gasteiger partial charge in [0.1, 0.15) is 4.60 Å². The lowest BCUT2D eigenvalue weighted by molar-refractivity contribution is 0.570. The molecule has 1 aliphatic heterocycles. The molecule has 0 amide bonds. The normalized spacial score (nSPS) is 16.2. The molecule has 0 aromatic carbocycles. The summed E-state index contributed by atoms with van der Waals surface area (Å²) in [4.78, 5) is 11.5. The minimum atomic E-state index is 0.889. The third-order valence-corrected chi connectivity index (χ3v) is 3.76. The van der Waals surface area contributed by atoms with Crippen LogP contribution >= 0.6 is 15.9 Å². The SMILES string of the molecule is CCCCc1cnc(Br)c(N2CCCCC2)n1. The molecular weight excluding hydrogens is 278 g/mol. The van der Waals surface area contributed by atoms with Crippen LogP contribution in [0.1, 0.15) is 44.7 Å². The van der Waals surface area contributed by atoms with Gasteiger partial charge in [-0.3, -0.25) is 0 Å². The molecule has 94 valence electrons. The number of piperidine rings is 1. The quantitative estimate of drug-likeness (QED) is 0.851. The van der Waals surface area contributed by atoms with Crippen LogP contribution in [0.5, 0.6) is 0 Å². The van der Waals surface area contributed by atoms with Crippen LogP contribution in [0.15, 0.2) is 10.8 Å². The van der Waals surface area contributed by atoms with Crippen LogP contribution in [-0.2, 0) is 6.42 Å². The average molecular weight is 298 g/mol. The van der Waals surface area contributed by atoms with Crippen LogP contribution in [0.25, 0.3) is 0 Å². The Hall–Kier alpha value is -0.640. The van der Waals surface area contributed by atoms with E-state index in [9.17, 15) is 0 Å². The van der Waals surface area contributed by atoms with E-state index in [1.54, 1.807) is 0 Å². The summed E-state index contributed by atoms with van der Waals surface area (Å²) in [5.41, 5.74) is 1.12. The van der Waals surface area contributed by atoms with Gasteiger partial charge in [0.15, 0.2) is 5.82 Å². The Labute approximate surface area is 112 Å². The number of hydrogen-bond donors (Lipinski definition) is 0. The molecule has 4 heteroatoms. The van der Waals surface area contributed by atoms with E-state index >= 15 is 0 Å². The maximum Gasteiger partial charge on any atom is 0.162 e. The lowest BCUT2D eigenvalue weighted by Gasteiger charge is -2.28. The molecule has 1 saturated heterocycles. The summed E-state index contributed by atoms with van der Waals surface area (Å²) in [5.74, 6) is 1.04. The Kier molecular flexibility index (Phi) is 4.77. The van der Waals surface area contributed by atoms with Crippen molar-refractivity contribution in [3.63, 3.8) is 0 Å². The van der Waals surface area contributed by atoms with Gasteiger partial charge >= 0.3 is 0 Å². The summed E-state index contributed by atoms with van der Waals surface area (Å²) in [6.45, 7) is 4.44. The fourth-order valence-corrected chi connectivity index (χ4v) is 2.63. The van der Waals surface area contributed by atoms with Gasteiger partial charge in [0.2, 0.25) is 0 Å². The summed E-state index contributed by atoms with van der Waals surface area (Å²) in [6.07, 6.45) is 9.22. The second kappa shape index (κ2) is 6.34. The predicted molar refractivity (Wildman–Crippen MR) is 74.4 cm³/mol. The van der Waals surface area contributed by atoms with Crippen molar-refractivity contribution in [1.29, 1.82) is 0 Å². The molecule has 0 N–H and O–H groups in total. The van der Waals surface area contributed by atoms with Crippen LogP contribution in [-0.4, -0.2) is 23.1 Å². The maximum absolute atomic E-state index is 4.75. The Morgan fingerprint density at radius 2 is 2.06 bits per heavy atom. The lowest BCUT2D eigenvalue weighted by atomic mass is 10.1. The Bertz CT molecular complexity index is 362. The van der Waals surface area contributed by atoms with Gasteiger partial charge in [0.05, 0.1) is 5.69 Å². The first-order chi connectivity index (χ1) is 8.31. The van der Waals surface area contributed by atoms with Crippen molar-refractivity contribution < 1.29 is 0 Å². The van der Waals surface area contributed by atoms with Gasteiger partial charge in [-0.2, -0.15) is 0 Å². The lowest BCUT2D eigenvalue weighted by Crippen LogP contribution is -2.30. The van der Waals surface area contributed by atoms with Crippen molar-refractivity contribution >= 4 is 21.7 Å². The first-order valence-electron chi connectivity index (χ1n) is 6.57. The Morgan fingerprint density at radius 1 is 1.29 bits per heavy atom. The van der Waals surface area contributed by atoms with Crippen molar-refractivity contribution in [2.45, 2.75) is 45.4 Å². The van der Waals surface area contributed by atoms with Crippen molar-refractivity contribution in [2.24, 2.45) is 0 Å². The molecular formula is C13H20BrN3. The van der Waals surface area contributed by atoms with E-state index in [0.717, 1.165) is 35.6 Å². The van der Waals surface area contributed by atoms with Gasteiger partial charge in [-0.25, -0.2) is 9.97 Å². The van der Waals surface area contributed by atoms with Gasteiger partial charge in [-0.1, -0.05) is 13.3 Å². The van der Waals surface area contributed by atoms with Crippen molar-refractivity contribution in [1.82, 2.24) is 9.97 Å². The van der Waals surface area contributed by atoms with Gasteiger partial charge in [0, 0.05) is 19.3 Å². The summed E-state index contributed by atoms with van der Waals surface area (Å²) >= 11 is 3.52. The van der Waals surface area contributed by atoms with Crippen molar-refractivity contribution in [3.8, 4) is 0 Å². The first-order valence-corrected chi connectivity index (χ1v) is 7.37. The highest BCUT2D eigenvalue weighted by Crippen LogP contribution is 2.25. The van der Waals surface area contributed by atoms with Gasteiger partial charge in [0.25, 0.3) is 0 Å². The topological polar surface area (TPSA) is 29.0 Å². The highest BCUT2D eigenvalue weighted by Gasteiger charge is 2.16. The molecule has 0 unspecified atom stereocenters. The van der Waals surface area contributed by atoms with Crippen LogP contribution in [0, 0.1) is 0 Å². The van der Waals surface area contributed by atoms with Crippen LogP contribution < -0.4 is 4.90 Å². The second-order valence-corrected chi connectivity index (χ2v) is 5.38. The molecule has 1 aromatic rings. The number of unbranched alkanes of at least 4 members (excludes halogenated alkanes) is 1. The van der Waals surface area contributed by atoms with Crippen LogP contribution in [0.2, 0.25) is 0 Å². The number of nitrogens with zero attached hydrogens (tertiary/aromatic N) is 3. The second-order valence-electron chi connectivity index (χ2n) is 4.63. The monoisotopic (exact) mass is 297 g/mol. The van der Waals surface area contributed by atoms with E-state index in [-0.39, 0.29) is 0 Å². The number of aromatic nitrogens is 2. The van der Waals surface area contributed by atoms with Crippen molar-refractivity contribution in [3.05, 3.63) is 16.5 Å². The van der Waals surface area contributed by atoms with Crippen LogP contribution in [0.4, 0.5) is 5.82 Å². The Morgan fingerprint density at radius 3 is 2.76 bits per heavy atom. The van der Waals surface area contributed by atoms with Crippen molar-refractivity contribution in [2.75, 3.05) is 18.0 Å². The average Bonchev–Trinajstić information content (AvgIpc) is 2.39. The van der Waals surface area contributed by atoms with E-state index in [4.69, 9.17) is 4.98 Å². The fraction of sp³-hybridized carbons (Fsp3) is 0.692. The zero-order valence-corrected chi connectivity index (χ0v) is 12.0. The standard InChI is InChI=1S/C13H20BrN3/c1-2-3-7-11-10-15-12(14)13(16-11)17-8-5-4-6-9-17/h10H,2-9H2,1H3. The number of rotatable bonds is 4. The fourth-order valence-electron chi connectivity index (χ4n) is 2.19. The first kappa shape index (κ1) is 12.8. The molecule has 3 nitrogen and oxygen atoms in total. The molecule has 0 aliphatic carbocycles. The molecule has 0 saturated carbocycles. The molecule has 2 heterocycles. The van der Waals surface area contributed by atoms with E-state index in [1.165, 1.54) is 32.1 Å². The number of aryl methyl sites for hydroxylation is 1. The van der Waals surface area contributed by atoms with E-state index in [2.05, 4.69) is 32.7 Å². The summed E-state index contributed by atoms with van der Waals surface area (Å²) in [6, 6.07) is 0. The molecule has 0 atom stereocenters. The van der Waals surface area contributed by atoms with Gasteiger partial charge in [-0.05, 0) is 48.0 Å². The van der Waals surface area contributed by atoms with E-state index < -0.39 is 0 Å². The number of anilines is 1. The summed E-state index contributed by atoms with van der Waals surface area (Å²) in [7, 11) is 0. The smallest absolute Gasteiger partial charge is 0.162 e. The minimum absolute atomic E-state index is 0.889. The zero-order valence-electron chi connectivity index (χ0n) is 10.5. The molecule has 0 bridgehead atoms. The molecule has 0 radical (unpaired) electrons. The molecule has 1 fully saturated rings. The molecule has 1 aromatic heterocycles. The maximum atomic E-state index is 4.75. The molecule has 1 aliphatic rings. The highest BCUT2D eigenvalue weighted by atomic mass is 79.9. The zero-order chi connectivity index (χ0) is 12.1. The summed E-state index contributed by atoms with van der Waals surface area (Å²) < 4.78 is 0.889.